The van der Waals surface area contributed by atoms with E-state index in [-0.39, 0.29) is 17.5 Å². The van der Waals surface area contributed by atoms with Crippen LogP contribution in [0.15, 0.2) is 41.1 Å². The van der Waals surface area contributed by atoms with Gasteiger partial charge in [-0.3, -0.25) is 9.59 Å². The van der Waals surface area contributed by atoms with E-state index in [2.05, 4.69) is 9.68 Å². The molecule has 0 saturated carbocycles. The van der Waals surface area contributed by atoms with Crippen LogP contribution in [0.25, 0.3) is 0 Å². The lowest BCUT2D eigenvalue weighted by Gasteiger charge is -2.11. The molecule has 1 aliphatic heterocycles. The van der Waals surface area contributed by atoms with E-state index in [9.17, 15) is 14.4 Å². The van der Waals surface area contributed by atoms with Crippen LogP contribution in [-0.2, 0) is 16.1 Å². The number of rotatable bonds is 3. The molecule has 0 spiro atoms. The third-order valence-electron chi connectivity index (χ3n) is 2.77. The van der Waals surface area contributed by atoms with E-state index < -0.39 is 17.8 Å². The fourth-order valence-corrected chi connectivity index (χ4v) is 1.86. The van der Waals surface area contributed by atoms with E-state index in [1.807, 2.05) is 0 Å². The molecule has 1 aromatic heterocycles. The van der Waals surface area contributed by atoms with Gasteiger partial charge in [0, 0.05) is 6.07 Å². The lowest BCUT2D eigenvalue weighted by Crippen LogP contribution is -2.33. The SMILES string of the molecule is O=C(Cc1ccon1)ON1C(=O)c2ccccc2C1=O. The number of imide groups is 1. The average molecular weight is 272 g/mol. The normalized spacial score (nSPS) is 13.5. The molecule has 0 saturated heterocycles. The summed E-state index contributed by atoms with van der Waals surface area (Å²) in [6, 6.07) is 7.75. The van der Waals surface area contributed by atoms with E-state index >= 15 is 0 Å². The molecule has 20 heavy (non-hydrogen) atoms. The van der Waals surface area contributed by atoms with E-state index in [1.165, 1.54) is 24.5 Å². The molecule has 0 bridgehead atoms. The molecular weight excluding hydrogens is 264 g/mol. The Kier molecular flexibility index (Phi) is 2.79. The maximum Gasteiger partial charge on any atom is 0.339 e. The number of carbonyl (C=O) groups is 3. The summed E-state index contributed by atoms with van der Waals surface area (Å²) in [7, 11) is 0. The minimum absolute atomic E-state index is 0.191. The molecule has 2 amide bonds. The Balaban J connectivity index is 1.75. The van der Waals surface area contributed by atoms with Crippen molar-refractivity contribution in [1.82, 2.24) is 10.2 Å². The summed E-state index contributed by atoms with van der Waals surface area (Å²) >= 11 is 0. The van der Waals surface area contributed by atoms with E-state index in [0.717, 1.165) is 0 Å². The zero-order chi connectivity index (χ0) is 14.1. The lowest BCUT2D eigenvalue weighted by atomic mass is 10.1. The summed E-state index contributed by atoms with van der Waals surface area (Å²) in [4.78, 5) is 40.3. The highest BCUT2D eigenvalue weighted by Crippen LogP contribution is 2.22. The zero-order valence-corrected chi connectivity index (χ0v) is 10.1. The monoisotopic (exact) mass is 272 g/mol. The molecular formula is C13H8N2O5. The molecule has 0 aliphatic carbocycles. The van der Waals surface area contributed by atoms with E-state index in [4.69, 9.17) is 4.84 Å². The predicted molar refractivity (Wildman–Crippen MR) is 63.2 cm³/mol. The van der Waals surface area contributed by atoms with Crippen molar-refractivity contribution < 1.29 is 23.7 Å². The van der Waals surface area contributed by atoms with Crippen LogP contribution in [0, 0.1) is 0 Å². The highest BCUT2D eigenvalue weighted by Gasteiger charge is 2.38. The van der Waals surface area contributed by atoms with Crippen LogP contribution in [-0.4, -0.2) is 28.0 Å². The fraction of sp³-hybridized carbons (Fsp3) is 0.0769. The van der Waals surface area contributed by atoms with Crippen molar-refractivity contribution in [2.75, 3.05) is 0 Å². The number of carbonyl (C=O) groups excluding carboxylic acids is 3. The van der Waals surface area contributed by atoms with Gasteiger partial charge in [0.2, 0.25) is 0 Å². The molecule has 1 aromatic carbocycles. The van der Waals surface area contributed by atoms with Gasteiger partial charge in [-0.1, -0.05) is 22.4 Å². The van der Waals surface area contributed by atoms with Crippen molar-refractivity contribution in [3.8, 4) is 0 Å². The Morgan fingerprint density at radius 1 is 1.15 bits per heavy atom. The number of hydrogen-bond acceptors (Lipinski definition) is 6. The summed E-state index contributed by atoms with van der Waals surface area (Å²) in [5.74, 6) is -2.08. The van der Waals surface area contributed by atoms with Gasteiger partial charge in [-0.15, -0.1) is 0 Å². The van der Waals surface area contributed by atoms with Gasteiger partial charge < -0.3 is 9.36 Å². The Morgan fingerprint density at radius 2 is 1.80 bits per heavy atom. The number of aromatic nitrogens is 1. The molecule has 3 rings (SSSR count). The number of amides is 2. The third-order valence-corrected chi connectivity index (χ3v) is 2.77. The predicted octanol–water partition coefficient (Wildman–Crippen LogP) is 0.972. The Hall–Kier alpha value is -2.96. The summed E-state index contributed by atoms with van der Waals surface area (Å²) in [6.07, 6.45) is 1.12. The van der Waals surface area contributed by atoms with Gasteiger partial charge in [0.25, 0.3) is 11.8 Å². The van der Waals surface area contributed by atoms with Crippen molar-refractivity contribution in [2.45, 2.75) is 6.42 Å². The largest absolute Gasteiger partial charge is 0.364 e. The number of hydroxylamine groups is 2. The van der Waals surface area contributed by atoms with Crippen LogP contribution in [0.1, 0.15) is 26.4 Å². The van der Waals surface area contributed by atoms with E-state index in [1.54, 1.807) is 12.1 Å². The van der Waals surface area contributed by atoms with Crippen molar-refractivity contribution in [3.05, 3.63) is 53.4 Å². The van der Waals surface area contributed by atoms with Gasteiger partial charge >= 0.3 is 5.97 Å². The quantitative estimate of drug-likeness (QED) is 0.773. The Labute approximate surface area is 112 Å². The summed E-state index contributed by atoms with van der Waals surface area (Å²) in [5.41, 5.74) is 0.782. The molecule has 0 fully saturated rings. The van der Waals surface area contributed by atoms with Crippen molar-refractivity contribution >= 4 is 17.8 Å². The van der Waals surface area contributed by atoms with E-state index in [0.29, 0.717) is 10.8 Å². The molecule has 0 atom stereocenters. The van der Waals surface area contributed by atoms with Crippen molar-refractivity contribution in [1.29, 1.82) is 0 Å². The van der Waals surface area contributed by atoms with Crippen LogP contribution in [0.3, 0.4) is 0 Å². The van der Waals surface area contributed by atoms with Gasteiger partial charge in [-0.2, -0.15) is 0 Å². The second kappa shape index (κ2) is 4.61. The molecule has 7 heteroatoms. The fourth-order valence-electron chi connectivity index (χ4n) is 1.86. The topological polar surface area (TPSA) is 89.7 Å². The Bertz CT molecular complexity index is 658. The minimum atomic E-state index is -0.770. The molecule has 0 N–H and O–H groups in total. The summed E-state index contributed by atoms with van der Waals surface area (Å²) in [5, 5.41) is 4.01. The molecule has 1 aliphatic rings. The maximum atomic E-state index is 11.9. The number of nitrogens with zero attached hydrogens (tertiary/aromatic N) is 2. The van der Waals surface area contributed by atoms with Crippen LogP contribution < -0.4 is 0 Å². The van der Waals surface area contributed by atoms with Crippen LogP contribution in [0.2, 0.25) is 0 Å². The van der Waals surface area contributed by atoms with Crippen molar-refractivity contribution in [3.63, 3.8) is 0 Å². The number of fused-ring (bicyclic) bond motifs is 1. The summed E-state index contributed by atoms with van der Waals surface area (Å²) < 4.78 is 4.57. The minimum Gasteiger partial charge on any atom is -0.364 e. The highest BCUT2D eigenvalue weighted by molar-refractivity contribution is 6.20. The van der Waals surface area contributed by atoms with Crippen molar-refractivity contribution in [2.24, 2.45) is 0 Å². The van der Waals surface area contributed by atoms with Crippen LogP contribution in [0.4, 0.5) is 0 Å². The Morgan fingerprint density at radius 3 is 2.35 bits per heavy atom. The molecule has 7 nitrogen and oxygen atoms in total. The standard InChI is InChI=1S/C13H8N2O5/c16-11(7-8-5-6-19-14-8)20-15-12(17)9-3-1-2-4-10(9)13(15)18/h1-6H,7H2. The first kappa shape index (κ1) is 12.1. The third kappa shape index (κ3) is 1.95. The van der Waals surface area contributed by atoms with Gasteiger partial charge in [-0.25, -0.2) is 4.79 Å². The van der Waals surface area contributed by atoms with Crippen LogP contribution >= 0.6 is 0 Å². The molecule has 0 radical (unpaired) electrons. The molecule has 0 unspecified atom stereocenters. The number of hydrogen-bond donors (Lipinski definition) is 0. The van der Waals surface area contributed by atoms with Gasteiger partial charge in [0.1, 0.15) is 6.26 Å². The molecule has 100 valence electrons. The smallest absolute Gasteiger partial charge is 0.339 e. The second-order valence-electron chi connectivity index (χ2n) is 4.08. The lowest BCUT2D eigenvalue weighted by molar-refractivity contribution is -0.167. The molecule has 2 heterocycles. The molecule has 2 aromatic rings. The van der Waals surface area contributed by atoms with Gasteiger partial charge in [-0.05, 0) is 12.1 Å². The van der Waals surface area contributed by atoms with Gasteiger partial charge in [0.05, 0.1) is 23.2 Å². The first-order valence-corrected chi connectivity index (χ1v) is 5.74. The highest BCUT2D eigenvalue weighted by atomic mass is 16.7. The summed E-state index contributed by atoms with van der Waals surface area (Å²) in [6.45, 7) is 0. The zero-order valence-electron chi connectivity index (χ0n) is 10.1. The maximum absolute atomic E-state index is 11.9. The average Bonchev–Trinajstić information content (AvgIpc) is 3.03. The first-order valence-electron chi connectivity index (χ1n) is 5.74. The first-order chi connectivity index (χ1) is 9.66. The second-order valence-corrected chi connectivity index (χ2v) is 4.08. The van der Waals surface area contributed by atoms with Crippen LogP contribution in [0.5, 0.6) is 0 Å². The number of benzene rings is 1. The van der Waals surface area contributed by atoms with Gasteiger partial charge in [0.15, 0.2) is 0 Å².